The van der Waals surface area contributed by atoms with Crippen molar-refractivity contribution < 1.29 is 9.67 Å². The normalized spacial score (nSPS) is 12.9. The maximum absolute atomic E-state index is 10.4. The molecule has 20 heavy (non-hydrogen) atoms. The summed E-state index contributed by atoms with van der Waals surface area (Å²) < 4.78 is 4.06. The molecule has 0 fully saturated rings. The molecule has 0 aliphatic rings. The molecule has 0 aliphatic carbocycles. The van der Waals surface area contributed by atoms with Gasteiger partial charge in [-0.1, -0.05) is 51.2 Å². The fraction of sp³-hybridized carbons (Fsp3) is 0.588. The van der Waals surface area contributed by atoms with Crippen molar-refractivity contribution in [2.24, 2.45) is 7.05 Å². The van der Waals surface area contributed by atoms with Gasteiger partial charge in [0.15, 0.2) is 17.3 Å². The van der Waals surface area contributed by atoms with Crippen molar-refractivity contribution in [1.82, 2.24) is 4.57 Å². The third kappa shape index (κ3) is 3.60. The predicted octanol–water partition coefficient (Wildman–Crippen LogP) is 3.71. The Morgan fingerprint density at radius 2 is 1.80 bits per heavy atom. The van der Waals surface area contributed by atoms with Crippen LogP contribution in [0.1, 0.15) is 58.1 Å². The number of rotatable bonds is 8. The van der Waals surface area contributed by atoms with E-state index in [4.69, 9.17) is 0 Å². The highest BCUT2D eigenvalue weighted by molar-refractivity contribution is 5.71. The standard InChI is InChI=1S/C17H27N2O/c1-3-4-5-6-7-8-13-17(20)19-14-18(2)15-11-9-10-12-16(15)19/h9-12,14,17,20H,3-8,13H2,1-2H3/q+1. The molecule has 1 aromatic heterocycles. The maximum Gasteiger partial charge on any atom is 0.246 e. The van der Waals surface area contributed by atoms with E-state index in [2.05, 4.69) is 23.6 Å². The van der Waals surface area contributed by atoms with E-state index in [9.17, 15) is 5.11 Å². The maximum atomic E-state index is 10.4. The molecule has 1 aromatic carbocycles. The zero-order chi connectivity index (χ0) is 14.4. The summed E-state index contributed by atoms with van der Waals surface area (Å²) in [4.78, 5) is 0. The van der Waals surface area contributed by atoms with E-state index >= 15 is 0 Å². The molecule has 3 heteroatoms. The summed E-state index contributed by atoms with van der Waals surface area (Å²) in [5.41, 5.74) is 2.27. The third-order valence-electron chi connectivity index (χ3n) is 3.97. The number of hydrogen-bond acceptors (Lipinski definition) is 1. The first-order valence-electron chi connectivity index (χ1n) is 7.87. The molecule has 2 aromatic rings. The fourth-order valence-corrected chi connectivity index (χ4v) is 2.78. The summed E-state index contributed by atoms with van der Waals surface area (Å²) in [5.74, 6) is 0. The molecule has 1 heterocycles. The Labute approximate surface area is 121 Å². The summed E-state index contributed by atoms with van der Waals surface area (Å²) in [5, 5.41) is 10.4. The number of unbranched alkanes of at least 4 members (excludes halogenated alkanes) is 5. The lowest BCUT2D eigenvalue weighted by molar-refractivity contribution is -0.646. The van der Waals surface area contributed by atoms with Crippen LogP contribution < -0.4 is 4.57 Å². The van der Waals surface area contributed by atoms with Gasteiger partial charge in [-0.05, 0) is 18.6 Å². The van der Waals surface area contributed by atoms with Gasteiger partial charge in [-0.25, -0.2) is 9.13 Å². The van der Waals surface area contributed by atoms with Crippen LogP contribution in [0.3, 0.4) is 0 Å². The first-order chi connectivity index (χ1) is 9.74. The van der Waals surface area contributed by atoms with Crippen LogP contribution in [0.15, 0.2) is 30.6 Å². The van der Waals surface area contributed by atoms with E-state index in [0.717, 1.165) is 23.9 Å². The Kier molecular flexibility index (Phi) is 5.60. The number of aromatic nitrogens is 2. The average molecular weight is 275 g/mol. The van der Waals surface area contributed by atoms with Gasteiger partial charge in [0, 0.05) is 6.42 Å². The number of aliphatic hydroxyl groups is 1. The second kappa shape index (κ2) is 7.44. The smallest absolute Gasteiger partial charge is 0.246 e. The highest BCUT2D eigenvalue weighted by Crippen LogP contribution is 2.19. The molecular weight excluding hydrogens is 248 g/mol. The highest BCUT2D eigenvalue weighted by atomic mass is 16.3. The summed E-state index contributed by atoms with van der Waals surface area (Å²) >= 11 is 0. The molecule has 0 saturated heterocycles. The SMILES string of the molecule is CCCCCCCCC(O)n1c[n+](C)c2ccccc21. The molecule has 1 N–H and O–H groups in total. The summed E-state index contributed by atoms with van der Waals surface area (Å²) in [6.07, 6.45) is 9.98. The topological polar surface area (TPSA) is 29.0 Å². The Morgan fingerprint density at radius 1 is 1.10 bits per heavy atom. The second-order valence-electron chi connectivity index (χ2n) is 5.66. The van der Waals surface area contributed by atoms with E-state index in [1.807, 2.05) is 30.1 Å². The van der Waals surface area contributed by atoms with Crippen molar-refractivity contribution in [2.75, 3.05) is 0 Å². The molecule has 1 unspecified atom stereocenters. The molecule has 0 saturated carbocycles. The number of imidazole rings is 1. The Hall–Kier alpha value is -1.35. The minimum atomic E-state index is -0.410. The van der Waals surface area contributed by atoms with Gasteiger partial charge in [0.1, 0.15) is 0 Å². The molecule has 1 atom stereocenters. The number of hydrogen-bond donors (Lipinski definition) is 1. The van der Waals surface area contributed by atoms with E-state index in [-0.39, 0.29) is 0 Å². The van der Waals surface area contributed by atoms with Crippen molar-refractivity contribution in [3.05, 3.63) is 30.6 Å². The Morgan fingerprint density at radius 3 is 2.60 bits per heavy atom. The van der Waals surface area contributed by atoms with Crippen LogP contribution in [0.5, 0.6) is 0 Å². The van der Waals surface area contributed by atoms with Crippen molar-refractivity contribution in [3.63, 3.8) is 0 Å². The van der Waals surface area contributed by atoms with Crippen molar-refractivity contribution >= 4 is 11.0 Å². The van der Waals surface area contributed by atoms with Crippen LogP contribution in [0, 0.1) is 0 Å². The molecule has 0 spiro atoms. The third-order valence-corrected chi connectivity index (χ3v) is 3.97. The predicted molar refractivity (Wildman–Crippen MR) is 82.4 cm³/mol. The summed E-state index contributed by atoms with van der Waals surface area (Å²) in [6, 6.07) is 8.21. The van der Waals surface area contributed by atoms with Crippen LogP contribution in [0.4, 0.5) is 0 Å². The summed E-state index contributed by atoms with van der Waals surface area (Å²) in [7, 11) is 2.02. The number of aliphatic hydroxyl groups excluding tert-OH is 1. The Balaban J connectivity index is 1.89. The van der Waals surface area contributed by atoms with Crippen molar-refractivity contribution in [2.45, 2.75) is 58.1 Å². The monoisotopic (exact) mass is 275 g/mol. The van der Waals surface area contributed by atoms with Crippen LogP contribution in [-0.2, 0) is 7.05 Å². The molecule has 2 rings (SSSR count). The van der Waals surface area contributed by atoms with E-state index < -0.39 is 6.23 Å². The van der Waals surface area contributed by atoms with Gasteiger partial charge in [-0.3, -0.25) is 0 Å². The first kappa shape index (κ1) is 15.0. The molecule has 0 bridgehead atoms. The molecule has 110 valence electrons. The first-order valence-corrected chi connectivity index (χ1v) is 7.87. The zero-order valence-electron chi connectivity index (χ0n) is 12.8. The fourth-order valence-electron chi connectivity index (χ4n) is 2.78. The van der Waals surface area contributed by atoms with Crippen molar-refractivity contribution in [1.29, 1.82) is 0 Å². The Bertz CT molecular complexity index is 533. The lowest BCUT2D eigenvalue weighted by Gasteiger charge is -2.07. The quantitative estimate of drug-likeness (QED) is 0.577. The minimum absolute atomic E-state index is 0.410. The van der Waals surface area contributed by atoms with Gasteiger partial charge >= 0.3 is 0 Å². The number of benzene rings is 1. The number of aryl methyl sites for hydroxylation is 1. The van der Waals surface area contributed by atoms with Crippen LogP contribution in [0.2, 0.25) is 0 Å². The highest BCUT2D eigenvalue weighted by Gasteiger charge is 2.18. The van der Waals surface area contributed by atoms with E-state index in [1.54, 1.807) is 0 Å². The largest absolute Gasteiger partial charge is 0.355 e. The van der Waals surface area contributed by atoms with Gasteiger partial charge < -0.3 is 5.11 Å². The van der Waals surface area contributed by atoms with Crippen molar-refractivity contribution in [3.8, 4) is 0 Å². The van der Waals surface area contributed by atoms with Crippen LogP contribution in [0.25, 0.3) is 11.0 Å². The molecule has 0 aliphatic heterocycles. The minimum Gasteiger partial charge on any atom is -0.355 e. The molecular formula is C17H27N2O+. The summed E-state index contributed by atoms with van der Waals surface area (Å²) in [6.45, 7) is 2.24. The zero-order valence-corrected chi connectivity index (χ0v) is 12.8. The molecule has 3 nitrogen and oxygen atoms in total. The second-order valence-corrected chi connectivity index (χ2v) is 5.66. The lowest BCUT2D eigenvalue weighted by Crippen LogP contribution is -2.25. The number of fused-ring (bicyclic) bond motifs is 1. The van der Waals surface area contributed by atoms with Gasteiger partial charge in [0.2, 0.25) is 6.33 Å². The average Bonchev–Trinajstić information content (AvgIpc) is 2.80. The van der Waals surface area contributed by atoms with Crippen LogP contribution >= 0.6 is 0 Å². The van der Waals surface area contributed by atoms with Crippen LogP contribution in [-0.4, -0.2) is 9.67 Å². The number of nitrogens with zero attached hydrogens (tertiary/aromatic N) is 2. The van der Waals surface area contributed by atoms with Gasteiger partial charge in [0.25, 0.3) is 0 Å². The lowest BCUT2D eigenvalue weighted by atomic mass is 10.1. The van der Waals surface area contributed by atoms with Gasteiger partial charge in [-0.15, -0.1) is 0 Å². The molecule has 0 amide bonds. The molecule has 0 radical (unpaired) electrons. The van der Waals surface area contributed by atoms with E-state index in [0.29, 0.717) is 0 Å². The number of para-hydroxylation sites is 2. The van der Waals surface area contributed by atoms with E-state index in [1.165, 1.54) is 32.1 Å². The van der Waals surface area contributed by atoms with Gasteiger partial charge in [-0.2, -0.15) is 0 Å². The van der Waals surface area contributed by atoms with Gasteiger partial charge in [0.05, 0.1) is 7.05 Å².